The Labute approximate surface area is 118 Å². The van der Waals surface area contributed by atoms with Gasteiger partial charge in [-0.3, -0.25) is 0 Å². The van der Waals surface area contributed by atoms with Crippen LogP contribution in [0.25, 0.3) is 11.1 Å². The standard InChI is InChI=1S/C16H16O3S/c1-20(18,19)12-7-5-11(6-8-12)13-3-2-4-15-14(13)9-10-16(15)17/h2-8,16-17H,9-10H2,1H3. The molecule has 3 nitrogen and oxygen atoms in total. The Morgan fingerprint density at radius 3 is 2.45 bits per heavy atom. The molecule has 0 radical (unpaired) electrons. The van der Waals surface area contributed by atoms with Crippen LogP contribution in [0.5, 0.6) is 0 Å². The van der Waals surface area contributed by atoms with Gasteiger partial charge in [-0.15, -0.1) is 0 Å². The summed E-state index contributed by atoms with van der Waals surface area (Å²) in [7, 11) is -3.16. The van der Waals surface area contributed by atoms with E-state index in [4.69, 9.17) is 0 Å². The first-order chi connectivity index (χ1) is 9.47. The van der Waals surface area contributed by atoms with Crippen molar-refractivity contribution < 1.29 is 13.5 Å². The lowest BCUT2D eigenvalue weighted by Crippen LogP contribution is -1.97. The van der Waals surface area contributed by atoms with Gasteiger partial charge in [-0.05, 0) is 47.2 Å². The van der Waals surface area contributed by atoms with Crippen LogP contribution in [0.4, 0.5) is 0 Å². The quantitative estimate of drug-likeness (QED) is 0.924. The van der Waals surface area contributed by atoms with Gasteiger partial charge in [0.15, 0.2) is 9.84 Å². The van der Waals surface area contributed by atoms with Gasteiger partial charge in [0.2, 0.25) is 0 Å². The largest absolute Gasteiger partial charge is 0.388 e. The van der Waals surface area contributed by atoms with E-state index in [1.54, 1.807) is 12.1 Å². The van der Waals surface area contributed by atoms with E-state index in [0.29, 0.717) is 4.90 Å². The van der Waals surface area contributed by atoms with Gasteiger partial charge in [0.1, 0.15) is 0 Å². The number of hydrogen-bond donors (Lipinski definition) is 1. The summed E-state index contributed by atoms with van der Waals surface area (Å²) in [6, 6.07) is 12.8. The first-order valence-corrected chi connectivity index (χ1v) is 8.46. The highest BCUT2D eigenvalue weighted by molar-refractivity contribution is 7.90. The maximum absolute atomic E-state index is 11.5. The lowest BCUT2D eigenvalue weighted by molar-refractivity contribution is 0.180. The summed E-state index contributed by atoms with van der Waals surface area (Å²) < 4.78 is 23.0. The summed E-state index contributed by atoms with van der Waals surface area (Å²) in [4.78, 5) is 0.328. The van der Waals surface area contributed by atoms with Crippen molar-refractivity contribution in [1.82, 2.24) is 0 Å². The van der Waals surface area contributed by atoms with E-state index in [-0.39, 0.29) is 6.10 Å². The number of rotatable bonds is 2. The molecule has 4 heteroatoms. The Bertz CT molecular complexity index is 746. The smallest absolute Gasteiger partial charge is 0.175 e. The van der Waals surface area contributed by atoms with Crippen LogP contribution < -0.4 is 0 Å². The molecular weight excluding hydrogens is 272 g/mol. The van der Waals surface area contributed by atoms with Crippen LogP contribution in [-0.2, 0) is 16.3 Å². The zero-order valence-electron chi connectivity index (χ0n) is 11.2. The molecule has 0 saturated carbocycles. The minimum atomic E-state index is -3.16. The molecule has 0 aliphatic heterocycles. The molecule has 1 aliphatic rings. The molecule has 0 bridgehead atoms. The lowest BCUT2D eigenvalue weighted by Gasteiger charge is -2.10. The molecule has 0 heterocycles. The van der Waals surface area contributed by atoms with E-state index >= 15 is 0 Å². The summed E-state index contributed by atoms with van der Waals surface area (Å²) >= 11 is 0. The molecule has 0 amide bonds. The van der Waals surface area contributed by atoms with Crippen LogP contribution in [0.3, 0.4) is 0 Å². The van der Waals surface area contributed by atoms with Gasteiger partial charge >= 0.3 is 0 Å². The van der Waals surface area contributed by atoms with Crippen molar-refractivity contribution in [3.8, 4) is 11.1 Å². The van der Waals surface area contributed by atoms with Gasteiger partial charge in [0.25, 0.3) is 0 Å². The SMILES string of the molecule is CS(=O)(=O)c1ccc(-c2cccc3c2CCC3O)cc1. The zero-order valence-corrected chi connectivity index (χ0v) is 12.0. The van der Waals surface area contributed by atoms with Gasteiger partial charge in [-0.2, -0.15) is 0 Å². The molecule has 2 aromatic carbocycles. The van der Waals surface area contributed by atoms with Crippen LogP contribution in [0.2, 0.25) is 0 Å². The highest BCUT2D eigenvalue weighted by Crippen LogP contribution is 2.37. The molecular formula is C16H16O3S. The summed E-state index contributed by atoms with van der Waals surface area (Å²) in [5.74, 6) is 0. The van der Waals surface area contributed by atoms with Gasteiger partial charge in [0, 0.05) is 6.26 Å². The Morgan fingerprint density at radius 2 is 1.80 bits per heavy atom. The van der Waals surface area contributed by atoms with Crippen molar-refractivity contribution in [2.24, 2.45) is 0 Å². The molecule has 0 spiro atoms. The van der Waals surface area contributed by atoms with Crippen molar-refractivity contribution in [2.75, 3.05) is 6.26 Å². The molecule has 0 fully saturated rings. The third-order valence-electron chi connectivity index (χ3n) is 3.83. The number of fused-ring (bicyclic) bond motifs is 1. The summed E-state index contributed by atoms with van der Waals surface area (Å²) in [5, 5.41) is 9.92. The van der Waals surface area contributed by atoms with E-state index in [9.17, 15) is 13.5 Å². The average molecular weight is 288 g/mol. The van der Waals surface area contributed by atoms with E-state index in [1.165, 1.54) is 11.8 Å². The van der Waals surface area contributed by atoms with E-state index in [1.807, 2.05) is 30.3 Å². The molecule has 1 atom stereocenters. The molecule has 0 aromatic heterocycles. The van der Waals surface area contributed by atoms with Crippen LogP contribution in [0.15, 0.2) is 47.4 Å². The third kappa shape index (κ3) is 2.25. The molecule has 104 valence electrons. The minimum absolute atomic E-state index is 0.328. The Balaban J connectivity index is 2.07. The van der Waals surface area contributed by atoms with Crippen LogP contribution >= 0.6 is 0 Å². The Morgan fingerprint density at radius 1 is 1.10 bits per heavy atom. The number of hydrogen-bond acceptors (Lipinski definition) is 3. The van der Waals surface area contributed by atoms with Gasteiger partial charge in [0.05, 0.1) is 11.0 Å². The topological polar surface area (TPSA) is 54.4 Å². The molecule has 20 heavy (non-hydrogen) atoms. The molecule has 2 aromatic rings. The van der Waals surface area contributed by atoms with E-state index in [2.05, 4.69) is 0 Å². The van der Waals surface area contributed by atoms with Crippen LogP contribution in [0.1, 0.15) is 23.7 Å². The molecule has 1 N–H and O–H groups in total. The normalized spacial score (nSPS) is 18.0. The second-order valence-electron chi connectivity index (χ2n) is 5.22. The van der Waals surface area contributed by atoms with Gasteiger partial charge < -0.3 is 5.11 Å². The van der Waals surface area contributed by atoms with Gasteiger partial charge in [-0.1, -0.05) is 30.3 Å². The molecule has 0 saturated heterocycles. The zero-order chi connectivity index (χ0) is 14.3. The molecule has 1 unspecified atom stereocenters. The minimum Gasteiger partial charge on any atom is -0.388 e. The number of aliphatic hydroxyl groups excluding tert-OH is 1. The number of benzene rings is 2. The summed E-state index contributed by atoms with van der Waals surface area (Å²) in [5.41, 5.74) is 4.24. The van der Waals surface area contributed by atoms with Crippen molar-refractivity contribution in [3.63, 3.8) is 0 Å². The van der Waals surface area contributed by atoms with Gasteiger partial charge in [-0.25, -0.2) is 8.42 Å². The first-order valence-electron chi connectivity index (χ1n) is 6.57. The summed E-state index contributed by atoms with van der Waals surface area (Å²) in [6.45, 7) is 0. The highest BCUT2D eigenvalue weighted by atomic mass is 32.2. The highest BCUT2D eigenvalue weighted by Gasteiger charge is 2.22. The number of aliphatic hydroxyl groups is 1. The fourth-order valence-electron chi connectivity index (χ4n) is 2.78. The van der Waals surface area contributed by atoms with Crippen LogP contribution in [-0.4, -0.2) is 19.8 Å². The first kappa shape index (κ1) is 13.3. The Kier molecular flexibility index (Phi) is 3.15. The summed E-state index contributed by atoms with van der Waals surface area (Å²) in [6.07, 6.45) is 2.45. The van der Waals surface area contributed by atoms with E-state index in [0.717, 1.165) is 29.5 Å². The van der Waals surface area contributed by atoms with Crippen molar-refractivity contribution in [2.45, 2.75) is 23.8 Å². The second-order valence-corrected chi connectivity index (χ2v) is 7.24. The molecule has 3 rings (SSSR count). The molecule has 1 aliphatic carbocycles. The third-order valence-corrected chi connectivity index (χ3v) is 4.96. The fourth-order valence-corrected chi connectivity index (χ4v) is 3.42. The predicted molar refractivity (Wildman–Crippen MR) is 78.3 cm³/mol. The Hall–Kier alpha value is -1.65. The maximum atomic E-state index is 11.5. The fraction of sp³-hybridized carbons (Fsp3) is 0.250. The van der Waals surface area contributed by atoms with E-state index < -0.39 is 9.84 Å². The van der Waals surface area contributed by atoms with Crippen molar-refractivity contribution in [3.05, 3.63) is 53.6 Å². The van der Waals surface area contributed by atoms with Crippen LogP contribution in [0, 0.1) is 0 Å². The van der Waals surface area contributed by atoms with Crippen molar-refractivity contribution in [1.29, 1.82) is 0 Å². The van der Waals surface area contributed by atoms with Crippen molar-refractivity contribution >= 4 is 9.84 Å². The monoisotopic (exact) mass is 288 g/mol. The second kappa shape index (κ2) is 4.72. The number of sulfone groups is 1. The predicted octanol–water partition coefficient (Wildman–Crippen LogP) is 2.74. The maximum Gasteiger partial charge on any atom is 0.175 e. The lowest BCUT2D eigenvalue weighted by atomic mass is 9.97. The average Bonchev–Trinajstić information content (AvgIpc) is 2.80.